The van der Waals surface area contributed by atoms with Gasteiger partial charge in [0.2, 0.25) is 5.91 Å². The van der Waals surface area contributed by atoms with E-state index in [1.165, 1.54) is 30.3 Å². The molecular weight excluding hydrogens is 382 g/mol. The third-order valence-corrected chi connectivity index (χ3v) is 7.44. The Morgan fingerprint density at radius 2 is 1.65 bits per heavy atom. The van der Waals surface area contributed by atoms with E-state index in [0.29, 0.717) is 17.9 Å². The van der Waals surface area contributed by atoms with E-state index in [4.69, 9.17) is 4.98 Å². The highest BCUT2D eigenvalue weighted by Gasteiger charge is 2.33. The number of fused-ring (bicyclic) bond motifs is 1. The molecule has 1 amide bonds. The summed E-state index contributed by atoms with van der Waals surface area (Å²) in [4.78, 5) is 20.3. The Kier molecular flexibility index (Phi) is 5.80. The summed E-state index contributed by atoms with van der Waals surface area (Å²) in [5.74, 6) is 2.32. The molecule has 0 radical (unpaired) electrons. The smallest absolute Gasteiger partial charge is 0.225 e. The van der Waals surface area contributed by atoms with Crippen molar-refractivity contribution in [2.45, 2.75) is 57.9 Å². The van der Waals surface area contributed by atoms with Gasteiger partial charge in [-0.05, 0) is 49.3 Å². The molecule has 4 heteroatoms. The zero-order valence-electron chi connectivity index (χ0n) is 18.5. The Hall–Kier alpha value is -2.62. The van der Waals surface area contributed by atoms with Crippen molar-refractivity contribution in [1.82, 2.24) is 14.5 Å². The monoisotopic (exact) mass is 415 g/mol. The number of hydrogen-bond acceptors (Lipinski definition) is 2. The van der Waals surface area contributed by atoms with E-state index in [0.717, 1.165) is 50.1 Å². The van der Waals surface area contributed by atoms with Crippen LogP contribution in [0, 0.1) is 11.8 Å². The maximum atomic E-state index is 13.2. The van der Waals surface area contributed by atoms with Gasteiger partial charge in [-0.25, -0.2) is 4.98 Å². The van der Waals surface area contributed by atoms with Crippen molar-refractivity contribution in [3.63, 3.8) is 0 Å². The number of likely N-dealkylation sites (tertiary alicyclic amines) is 1. The molecule has 0 spiro atoms. The Morgan fingerprint density at radius 1 is 0.935 bits per heavy atom. The number of para-hydroxylation sites is 2. The third-order valence-electron chi connectivity index (χ3n) is 7.44. The highest BCUT2D eigenvalue weighted by atomic mass is 16.2. The minimum Gasteiger partial charge on any atom is -0.342 e. The van der Waals surface area contributed by atoms with Gasteiger partial charge < -0.3 is 9.47 Å². The largest absolute Gasteiger partial charge is 0.342 e. The molecule has 1 saturated heterocycles. The first-order chi connectivity index (χ1) is 15.2. The molecular formula is C27H33N3O. The fourth-order valence-electron chi connectivity index (χ4n) is 5.67. The normalized spacial score (nSPS) is 22.7. The molecule has 1 aliphatic carbocycles. The van der Waals surface area contributed by atoms with Gasteiger partial charge in [-0.2, -0.15) is 0 Å². The van der Waals surface area contributed by atoms with Crippen molar-refractivity contribution < 1.29 is 4.79 Å². The van der Waals surface area contributed by atoms with Crippen LogP contribution in [-0.2, 0) is 11.2 Å². The molecule has 0 bridgehead atoms. The molecule has 162 valence electrons. The Labute approximate surface area is 185 Å². The lowest BCUT2D eigenvalue weighted by Gasteiger charge is -2.38. The van der Waals surface area contributed by atoms with Gasteiger partial charge in [0.15, 0.2) is 0 Å². The van der Waals surface area contributed by atoms with Gasteiger partial charge in [0, 0.05) is 31.5 Å². The molecule has 3 aromatic rings. The molecule has 5 rings (SSSR count). The highest BCUT2D eigenvalue weighted by molar-refractivity contribution is 5.79. The van der Waals surface area contributed by atoms with E-state index in [1.807, 2.05) is 0 Å². The molecule has 4 nitrogen and oxygen atoms in total. The van der Waals surface area contributed by atoms with Gasteiger partial charge in [0.05, 0.1) is 11.0 Å². The van der Waals surface area contributed by atoms with E-state index in [1.54, 1.807) is 0 Å². The van der Waals surface area contributed by atoms with Crippen molar-refractivity contribution >= 4 is 16.9 Å². The molecule has 2 fully saturated rings. The Bertz CT molecular complexity index is 1030. The van der Waals surface area contributed by atoms with Crippen LogP contribution in [0.25, 0.3) is 11.0 Å². The highest BCUT2D eigenvalue weighted by Crippen LogP contribution is 2.34. The molecule has 1 saturated carbocycles. The topological polar surface area (TPSA) is 38.1 Å². The summed E-state index contributed by atoms with van der Waals surface area (Å²) in [5, 5.41) is 0. The molecule has 2 aliphatic rings. The molecule has 2 aromatic carbocycles. The molecule has 1 aliphatic heterocycles. The van der Waals surface area contributed by atoms with Crippen LogP contribution in [0.2, 0.25) is 0 Å². The van der Waals surface area contributed by atoms with Crippen molar-refractivity contribution in [2.24, 2.45) is 11.8 Å². The summed E-state index contributed by atoms with van der Waals surface area (Å²) in [6.45, 7) is 4.00. The molecule has 0 unspecified atom stereocenters. The van der Waals surface area contributed by atoms with Crippen molar-refractivity contribution in [3.8, 4) is 0 Å². The molecule has 31 heavy (non-hydrogen) atoms. The molecule has 2 heterocycles. The summed E-state index contributed by atoms with van der Waals surface area (Å²) in [7, 11) is 0. The van der Waals surface area contributed by atoms with Crippen LogP contribution in [0.1, 0.15) is 62.9 Å². The summed E-state index contributed by atoms with van der Waals surface area (Å²) in [5.41, 5.74) is 3.58. The molecule has 2 atom stereocenters. The summed E-state index contributed by atoms with van der Waals surface area (Å²) in [6, 6.07) is 19.5. The molecule has 0 N–H and O–H groups in total. The average molecular weight is 416 g/mol. The predicted octanol–water partition coefficient (Wildman–Crippen LogP) is 5.62. The van der Waals surface area contributed by atoms with Crippen molar-refractivity contribution in [1.29, 1.82) is 0 Å². The van der Waals surface area contributed by atoms with Crippen LogP contribution in [0.3, 0.4) is 0 Å². The van der Waals surface area contributed by atoms with Crippen LogP contribution in [-0.4, -0.2) is 33.4 Å². The second-order valence-corrected chi connectivity index (χ2v) is 9.47. The van der Waals surface area contributed by atoms with E-state index in [2.05, 4.69) is 71.0 Å². The summed E-state index contributed by atoms with van der Waals surface area (Å²) >= 11 is 0. The lowest BCUT2D eigenvalue weighted by Crippen LogP contribution is -2.44. The van der Waals surface area contributed by atoms with Crippen LogP contribution < -0.4 is 0 Å². The van der Waals surface area contributed by atoms with Crippen LogP contribution in [0.15, 0.2) is 54.6 Å². The van der Waals surface area contributed by atoms with Crippen LogP contribution in [0.5, 0.6) is 0 Å². The number of piperidine rings is 1. The lowest BCUT2D eigenvalue weighted by molar-refractivity contribution is -0.139. The number of benzene rings is 2. The number of amides is 1. The zero-order chi connectivity index (χ0) is 21.2. The predicted molar refractivity (Wildman–Crippen MR) is 125 cm³/mol. The van der Waals surface area contributed by atoms with Crippen molar-refractivity contribution in [3.05, 3.63) is 66.0 Å². The number of aromatic nitrogens is 2. The van der Waals surface area contributed by atoms with Gasteiger partial charge in [-0.3, -0.25) is 4.79 Å². The average Bonchev–Trinajstić information content (AvgIpc) is 3.17. The maximum absolute atomic E-state index is 13.2. The standard InChI is InChI=1S/C27H33N3O/c1-20-9-5-6-12-23(20)27(31)29-17-15-22(16-18-29)30-25-14-8-7-13-24(25)28-26(30)19-21-10-3-2-4-11-21/h2-4,7-8,10-11,13-14,20,22-23H,5-6,9,12,15-19H2,1H3/t20-,23+/m1/s1. The van der Waals surface area contributed by atoms with E-state index in [-0.39, 0.29) is 5.92 Å². The maximum Gasteiger partial charge on any atom is 0.225 e. The third kappa shape index (κ3) is 4.13. The second kappa shape index (κ2) is 8.86. The fourth-order valence-corrected chi connectivity index (χ4v) is 5.67. The number of carbonyl (C=O) groups excluding carboxylic acids is 1. The summed E-state index contributed by atoms with van der Waals surface area (Å²) < 4.78 is 2.47. The van der Waals surface area contributed by atoms with E-state index < -0.39 is 0 Å². The number of nitrogens with zero attached hydrogens (tertiary/aromatic N) is 3. The second-order valence-electron chi connectivity index (χ2n) is 9.47. The van der Waals surface area contributed by atoms with E-state index in [9.17, 15) is 4.79 Å². The van der Waals surface area contributed by atoms with Crippen LogP contribution >= 0.6 is 0 Å². The summed E-state index contributed by atoms with van der Waals surface area (Å²) in [6.07, 6.45) is 7.63. The van der Waals surface area contributed by atoms with Gasteiger partial charge in [-0.15, -0.1) is 0 Å². The minimum atomic E-state index is 0.244. The first kappa shape index (κ1) is 20.3. The number of rotatable bonds is 4. The Balaban J connectivity index is 1.35. The van der Waals surface area contributed by atoms with Gasteiger partial charge >= 0.3 is 0 Å². The van der Waals surface area contributed by atoms with Gasteiger partial charge in [0.1, 0.15) is 5.82 Å². The number of imidazole rings is 1. The van der Waals surface area contributed by atoms with Gasteiger partial charge in [0.25, 0.3) is 0 Å². The Morgan fingerprint density at radius 3 is 2.42 bits per heavy atom. The van der Waals surface area contributed by atoms with Gasteiger partial charge in [-0.1, -0.05) is 62.2 Å². The van der Waals surface area contributed by atoms with Crippen molar-refractivity contribution in [2.75, 3.05) is 13.1 Å². The first-order valence-electron chi connectivity index (χ1n) is 12.0. The number of carbonyl (C=O) groups is 1. The fraction of sp³-hybridized carbons (Fsp3) is 0.481. The quantitative estimate of drug-likeness (QED) is 0.555. The first-order valence-corrected chi connectivity index (χ1v) is 12.0. The molecule has 1 aromatic heterocycles. The minimum absolute atomic E-state index is 0.244. The number of hydrogen-bond donors (Lipinski definition) is 0. The van der Waals surface area contributed by atoms with Crippen LogP contribution in [0.4, 0.5) is 0 Å². The lowest BCUT2D eigenvalue weighted by atomic mass is 9.79. The van der Waals surface area contributed by atoms with E-state index >= 15 is 0 Å². The SMILES string of the molecule is C[C@@H]1CCCC[C@@H]1C(=O)N1CCC(n2c(Cc3ccccc3)nc3ccccc32)CC1. The zero-order valence-corrected chi connectivity index (χ0v) is 18.5.